The lowest BCUT2D eigenvalue weighted by molar-refractivity contribution is -0.141. The fraction of sp³-hybridized carbons (Fsp3) is 0.667. The van der Waals surface area contributed by atoms with Crippen molar-refractivity contribution in [1.29, 1.82) is 0 Å². The predicted molar refractivity (Wildman–Crippen MR) is 62.4 cm³/mol. The number of aromatic nitrogens is 2. The van der Waals surface area contributed by atoms with E-state index in [1.54, 1.807) is 11.8 Å². The van der Waals surface area contributed by atoms with E-state index >= 15 is 0 Å². The summed E-state index contributed by atoms with van der Waals surface area (Å²) < 4.78 is 37.5. The number of nitrogens with zero attached hydrogens (tertiary/aromatic N) is 2. The molecule has 2 rings (SSSR count). The zero-order valence-corrected chi connectivity index (χ0v) is 10.6. The Labute approximate surface area is 109 Å². The van der Waals surface area contributed by atoms with E-state index in [9.17, 15) is 18.0 Å². The Kier molecular flexibility index (Phi) is 3.82. The molecule has 1 aliphatic rings. The second-order valence-electron chi connectivity index (χ2n) is 4.71. The third-order valence-corrected chi connectivity index (χ3v) is 3.36. The average Bonchev–Trinajstić information content (AvgIpc) is 2.87. The van der Waals surface area contributed by atoms with Crippen molar-refractivity contribution in [1.82, 2.24) is 14.9 Å². The van der Waals surface area contributed by atoms with Crippen LogP contribution in [0.5, 0.6) is 0 Å². The van der Waals surface area contributed by atoms with E-state index in [-0.39, 0.29) is 11.8 Å². The van der Waals surface area contributed by atoms with Crippen LogP contribution >= 0.6 is 0 Å². The summed E-state index contributed by atoms with van der Waals surface area (Å²) in [6.07, 6.45) is -1.63. The number of piperidine rings is 1. The molecule has 0 aromatic carbocycles. The maximum absolute atomic E-state index is 12.5. The highest BCUT2D eigenvalue weighted by Crippen LogP contribution is 2.31. The van der Waals surface area contributed by atoms with Crippen LogP contribution in [0.25, 0.3) is 0 Å². The van der Waals surface area contributed by atoms with Gasteiger partial charge in [0.05, 0.1) is 6.20 Å². The fourth-order valence-electron chi connectivity index (χ4n) is 2.34. The highest BCUT2D eigenvalue weighted by molar-refractivity contribution is 5.75. The Morgan fingerprint density at radius 1 is 1.58 bits per heavy atom. The van der Waals surface area contributed by atoms with Gasteiger partial charge in [-0.25, -0.2) is 4.98 Å². The van der Waals surface area contributed by atoms with Gasteiger partial charge in [-0.1, -0.05) is 6.92 Å². The minimum Gasteiger partial charge on any atom is -0.342 e. The monoisotopic (exact) mass is 275 g/mol. The van der Waals surface area contributed by atoms with Gasteiger partial charge in [-0.15, -0.1) is 0 Å². The summed E-state index contributed by atoms with van der Waals surface area (Å²) in [5.41, 5.74) is -0.832. The number of nitrogens with one attached hydrogen (secondary N) is 1. The van der Waals surface area contributed by atoms with Crippen LogP contribution in [0.2, 0.25) is 0 Å². The fourth-order valence-corrected chi connectivity index (χ4v) is 2.34. The van der Waals surface area contributed by atoms with E-state index in [2.05, 4.69) is 9.97 Å². The van der Waals surface area contributed by atoms with Gasteiger partial charge in [0.15, 0.2) is 0 Å². The van der Waals surface area contributed by atoms with Gasteiger partial charge in [0.25, 0.3) is 0 Å². The van der Waals surface area contributed by atoms with Crippen molar-refractivity contribution in [2.24, 2.45) is 0 Å². The summed E-state index contributed by atoms with van der Waals surface area (Å²) in [6, 6.07) is 0. The first-order valence-corrected chi connectivity index (χ1v) is 6.31. The number of aromatic amines is 1. The van der Waals surface area contributed by atoms with E-state index < -0.39 is 11.9 Å². The van der Waals surface area contributed by atoms with Crippen molar-refractivity contribution in [2.45, 2.75) is 38.3 Å². The third-order valence-electron chi connectivity index (χ3n) is 3.36. The van der Waals surface area contributed by atoms with Gasteiger partial charge in [0.1, 0.15) is 11.5 Å². The molecular weight excluding hydrogens is 259 g/mol. The molecule has 0 bridgehead atoms. The number of imidazole rings is 1. The van der Waals surface area contributed by atoms with E-state index in [1.807, 2.05) is 0 Å². The van der Waals surface area contributed by atoms with Crippen molar-refractivity contribution < 1.29 is 18.0 Å². The molecule has 1 amide bonds. The maximum atomic E-state index is 12.5. The van der Waals surface area contributed by atoms with Gasteiger partial charge >= 0.3 is 6.18 Å². The lowest BCUT2D eigenvalue weighted by atomic mass is 9.97. The molecule has 2 heterocycles. The molecule has 0 aliphatic carbocycles. The number of hydrogen-bond acceptors (Lipinski definition) is 2. The minimum atomic E-state index is -4.40. The Bertz CT molecular complexity index is 455. The van der Waals surface area contributed by atoms with Crippen LogP contribution in [0, 0.1) is 0 Å². The summed E-state index contributed by atoms with van der Waals surface area (Å²) in [4.78, 5) is 19.5. The molecule has 1 aliphatic heterocycles. The second kappa shape index (κ2) is 5.22. The molecule has 1 fully saturated rings. The first kappa shape index (κ1) is 13.9. The molecule has 0 saturated carbocycles. The number of alkyl halides is 3. The summed E-state index contributed by atoms with van der Waals surface area (Å²) in [5, 5.41) is 0. The van der Waals surface area contributed by atoms with Crippen LogP contribution < -0.4 is 0 Å². The summed E-state index contributed by atoms with van der Waals surface area (Å²) >= 11 is 0. The van der Waals surface area contributed by atoms with Crippen LogP contribution in [0.3, 0.4) is 0 Å². The van der Waals surface area contributed by atoms with E-state index in [1.165, 1.54) is 0 Å². The van der Waals surface area contributed by atoms with Gasteiger partial charge < -0.3 is 9.88 Å². The van der Waals surface area contributed by atoms with E-state index in [0.29, 0.717) is 25.3 Å². The largest absolute Gasteiger partial charge is 0.432 e. The minimum absolute atomic E-state index is 0.0345. The number of amides is 1. The zero-order chi connectivity index (χ0) is 14.0. The maximum Gasteiger partial charge on any atom is 0.432 e. The molecule has 106 valence electrons. The van der Waals surface area contributed by atoms with Crippen molar-refractivity contribution >= 4 is 5.91 Å². The SMILES string of the molecule is CCC(=O)N1CCCC(c2ncc(C(F)(F)F)[nH]2)C1. The lowest BCUT2D eigenvalue weighted by Crippen LogP contribution is -2.39. The van der Waals surface area contributed by atoms with Gasteiger partial charge in [0, 0.05) is 25.4 Å². The molecule has 1 atom stereocenters. The predicted octanol–water partition coefficient (Wildman–Crippen LogP) is 2.54. The quantitative estimate of drug-likeness (QED) is 0.901. The van der Waals surface area contributed by atoms with Gasteiger partial charge in [-0.05, 0) is 12.8 Å². The van der Waals surface area contributed by atoms with Crippen LogP contribution in [0.1, 0.15) is 43.6 Å². The zero-order valence-electron chi connectivity index (χ0n) is 10.6. The normalized spacial score (nSPS) is 20.6. The number of halogens is 3. The van der Waals surface area contributed by atoms with Gasteiger partial charge in [0.2, 0.25) is 5.91 Å². The molecule has 1 aromatic rings. The van der Waals surface area contributed by atoms with Crippen LogP contribution in [0.4, 0.5) is 13.2 Å². The molecule has 19 heavy (non-hydrogen) atoms. The molecule has 1 saturated heterocycles. The number of carbonyl (C=O) groups is 1. The molecule has 7 heteroatoms. The van der Waals surface area contributed by atoms with E-state index in [4.69, 9.17) is 0 Å². The van der Waals surface area contributed by atoms with Crippen LogP contribution in [-0.4, -0.2) is 33.9 Å². The Morgan fingerprint density at radius 3 is 2.89 bits per heavy atom. The average molecular weight is 275 g/mol. The molecule has 4 nitrogen and oxygen atoms in total. The Hall–Kier alpha value is -1.53. The van der Waals surface area contributed by atoms with Crippen LogP contribution in [0.15, 0.2) is 6.20 Å². The number of rotatable bonds is 2. The van der Waals surface area contributed by atoms with Crippen molar-refractivity contribution in [2.75, 3.05) is 13.1 Å². The summed E-state index contributed by atoms with van der Waals surface area (Å²) in [6.45, 7) is 2.90. The number of likely N-dealkylation sites (tertiary alicyclic amines) is 1. The second-order valence-corrected chi connectivity index (χ2v) is 4.71. The van der Waals surface area contributed by atoms with Crippen molar-refractivity contribution in [3.63, 3.8) is 0 Å². The van der Waals surface area contributed by atoms with Gasteiger partial charge in [-0.2, -0.15) is 13.2 Å². The first-order valence-electron chi connectivity index (χ1n) is 6.31. The molecule has 0 radical (unpaired) electrons. The Balaban J connectivity index is 2.09. The lowest BCUT2D eigenvalue weighted by Gasteiger charge is -2.31. The summed E-state index contributed by atoms with van der Waals surface area (Å²) in [5.74, 6) is 0.216. The number of carbonyl (C=O) groups excluding carboxylic acids is 1. The molecular formula is C12H16F3N3O. The Morgan fingerprint density at radius 2 is 2.32 bits per heavy atom. The van der Waals surface area contributed by atoms with Gasteiger partial charge in [-0.3, -0.25) is 4.79 Å². The van der Waals surface area contributed by atoms with Crippen LogP contribution in [-0.2, 0) is 11.0 Å². The smallest absolute Gasteiger partial charge is 0.342 e. The standard InChI is InChI=1S/C12H16F3N3O/c1-2-10(19)18-5-3-4-8(7-18)11-16-6-9(17-11)12(13,14)15/h6,8H,2-5,7H2,1H3,(H,16,17). The highest BCUT2D eigenvalue weighted by Gasteiger charge is 2.34. The number of H-pyrrole nitrogens is 1. The topological polar surface area (TPSA) is 49.0 Å². The van der Waals surface area contributed by atoms with Crippen molar-refractivity contribution in [3.8, 4) is 0 Å². The highest BCUT2D eigenvalue weighted by atomic mass is 19.4. The molecule has 1 aromatic heterocycles. The molecule has 1 N–H and O–H groups in total. The summed E-state index contributed by atoms with van der Waals surface area (Å²) in [7, 11) is 0. The third kappa shape index (κ3) is 3.08. The number of hydrogen-bond donors (Lipinski definition) is 1. The first-order chi connectivity index (χ1) is 8.91. The molecule has 0 spiro atoms. The molecule has 1 unspecified atom stereocenters. The van der Waals surface area contributed by atoms with E-state index in [0.717, 1.165) is 19.0 Å². The van der Waals surface area contributed by atoms with Crippen molar-refractivity contribution in [3.05, 3.63) is 17.7 Å².